The quantitative estimate of drug-likeness (QED) is 0.475. The average Bonchev–Trinajstić information content (AvgIpc) is 2.56. The van der Waals surface area contributed by atoms with Crippen molar-refractivity contribution in [3.8, 4) is 0 Å². The van der Waals surface area contributed by atoms with E-state index in [0.29, 0.717) is 0 Å². The summed E-state index contributed by atoms with van der Waals surface area (Å²) in [6, 6.07) is 0. The van der Waals surface area contributed by atoms with Crippen LogP contribution in [0.2, 0.25) is 0 Å². The Kier molecular flexibility index (Phi) is 1.19. The van der Waals surface area contributed by atoms with Gasteiger partial charge in [-0.1, -0.05) is 56.2 Å². The number of rotatable bonds is 0. The van der Waals surface area contributed by atoms with Gasteiger partial charge in [-0.3, -0.25) is 0 Å². The first-order chi connectivity index (χ1) is 6.21. The molecule has 2 heteroatoms. The van der Waals surface area contributed by atoms with E-state index in [9.17, 15) is 0 Å². The van der Waals surface area contributed by atoms with Crippen LogP contribution in [0.25, 0.3) is 0 Å². The first-order valence-corrected chi connectivity index (χ1v) is 6.54. The molecule has 2 fully saturated rings. The van der Waals surface area contributed by atoms with Gasteiger partial charge in [-0.05, 0) is 35.5 Å². The number of alkyl halides is 2. The fourth-order valence-electron chi connectivity index (χ4n) is 3.95. The second-order valence-electron chi connectivity index (χ2n) is 4.81. The highest BCUT2D eigenvalue weighted by Crippen LogP contribution is 2.78. The van der Waals surface area contributed by atoms with Gasteiger partial charge >= 0.3 is 0 Å². The maximum atomic E-state index is 3.81. The van der Waals surface area contributed by atoms with Gasteiger partial charge in [-0.25, -0.2) is 0 Å². The van der Waals surface area contributed by atoms with Crippen molar-refractivity contribution in [1.82, 2.24) is 0 Å². The highest BCUT2D eigenvalue weighted by Gasteiger charge is 2.75. The highest BCUT2D eigenvalue weighted by atomic mass is 79.9. The number of halogens is 2. The van der Waals surface area contributed by atoms with Gasteiger partial charge in [0.05, 0.1) is 3.23 Å². The lowest BCUT2D eigenvalue weighted by Gasteiger charge is -2.22. The van der Waals surface area contributed by atoms with E-state index in [2.05, 4.69) is 56.2 Å². The number of fused-ring (bicyclic) bond motifs is 3. The molecule has 0 spiro atoms. The van der Waals surface area contributed by atoms with Crippen LogP contribution < -0.4 is 0 Å². The van der Waals surface area contributed by atoms with Crippen LogP contribution >= 0.6 is 31.9 Å². The predicted octanol–water partition coefficient (Wildman–Crippen LogP) is 3.34. The van der Waals surface area contributed by atoms with Crippen LogP contribution in [0.3, 0.4) is 0 Å². The number of hydrogen-bond acceptors (Lipinski definition) is 0. The van der Waals surface area contributed by atoms with E-state index in [1.165, 1.54) is 0 Å². The van der Waals surface area contributed by atoms with Crippen molar-refractivity contribution in [2.45, 2.75) is 3.23 Å². The molecule has 0 aromatic carbocycles. The van der Waals surface area contributed by atoms with Crippen LogP contribution in [-0.4, -0.2) is 3.23 Å². The van der Waals surface area contributed by atoms with E-state index in [0.717, 1.165) is 35.5 Å². The molecule has 0 aromatic rings. The zero-order chi connectivity index (χ0) is 8.79. The normalized spacial score (nSPS) is 62.6. The zero-order valence-electron chi connectivity index (χ0n) is 7.03. The maximum absolute atomic E-state index is 3.81. The monoisotopic (exact) mass is 300 g/mol. The van der Waals surface area contributed by atoms with Crippen molar-refractivity contribution in [3.05, 3.63) is 24.3 Å². The van der Waals surface area contributed by atoms with Gasteiger partial charge in [0, 0.05) is 0 Å². The van der Waals surface area contributed by atoms with Crippen LogP contribution in [0.1, 0.15) is 0 Å². The van der Waals surface area contributed by atoms with Crippen molar-refractivity contribution in [3.63, 3.8) is 0 Å². The van der Waals surface area contributed by atoms with Gasteiger partial charge in [0.2, 0.25) is 0 Å². The fourth-order valence-corrected chi connectivity index (χ4v) is 6.04. The van der Waals surface area contributed by atoms with Gasteiger partial charge in [0.25, 0.3) is 0 Å². The van der Waals surface area contributed by atoms with Crippen LogP contribution in [0.15, 0.2) is 24.3 Å². The summed E-state index contributed by atoms with van der Waals surface area (Å²) in [5, 5.41) is 0. The van der Waals surface area contributed by atoms with E-state index >= 15 is 0 Å². The molecule has 0 heterocycles. The van der Waals surface area contributed by atoms with E-state index in [-0.39, 0.29) is 3.23 Å². The Balaban J connectivity index is 1.85. The molecule has 0 nitrogen and oxygen atoms in total. The predicted molar refractivity (Wildman–Crippen MR) is 59.8 cm³/mol. The molecule has 0 radical (unpaired) electrons. The minimum absolute atomic E-state index is 0.278. The standard InChI is InChI=1S/C11H10Br2/c12-11(13)9-6-3-1-5-2-4-7(8(5)6)10(9)11/h1-10H/t5?,6-,7-,8?,9-,10-/m1/s1. The summed E-state index contributed by atoms with van der Waals surface area (Å²) in [4.78, 5) is 0. The fraction of sp³-hybridized carbons (Fsp3) is 0.636. The molecule has 0 aromatic heterocycles. The van der Waals surface area contributed by atoms with Crippen LogP contribution in [-0.2, 0) is 0 Å². The van der Waals surface area contributed by atoms with Crippen LogP contribution in [0.5, 0.6) is 0 Å². The highest BCUT2D eigenvalue weighted by molar-refractivity contribution is 9.25. The molecule has 0 amide bonds. The van der Waals surface area contributed by atoms with Crippen LogP contribution in [0.4, 0.5) is 0 Å². The Bertz CT molecular complexity index is 312. The van der Waals surface area contributed by atoms with Crippen molar-refractivity contribution in [1.29, 1.82) is 0 Å². The SMILES string of the molecule is BrC1(Br)[C@H]2[C@H]1[C@@H]1C=CC3C=C[C@@H]2C31. The summed E-state index contributed by atoms with van der Waals surface area (Å²) in [6.45, 7) is 0. The minimum atomic E-state index is 0.278. The Labute approximate surface area is 94.7 Å². The second-order valence-corrected chi connectivity index (χ2v) is 8.49. The Morgan fingerprint density at radius 3 is 1.92 bits per heavy atom. The minimum Gasteiger partial charge on any atom is -0.0841 e. The smallest absolute Gasteiger partial charge is 0.0841 e. The topological polar surface area (TPSA) is 0 Å². The molecule has 2 saturated carbocycles. The Morgan fingerprint density at radius 1 is 0.846 bits per heavy atom. The molecule has 0 bridgehead atoms. The first kappa shape index (κ1) is 7.70. The van der Waals surface area contributed by atoms with Crippen molar-refractivity contribution in [2.24, 2.45) is 35.5 Å². The molecule has 0 N–H and O–H groups in total. The Hall–Kier alpha value is 0.440. The van der Waals surface area contributed by atoms with E-state index in [4.69, 9.17) is 0 Å². The molecule has 4 rings (SSSR count). The van der Waals surface area contributed by atoms with Gasteiger partial charge < -0.3 is 0 Å². The summed E-state index contributed by atoms with van der Waals surface area (Å²) in [5.41, 5.74) is 0. The lowest BCUT2D eigenvalue weighted by Crippen LogP contribution is -2.20. The summed E-state index contributed by atoms with van der Waals surface area (Å²) in [6.07, 6.45) is 9.74. The first-order valence-electron chi connectivity index (χ1n) is 4.96. The Morgan fingerprint density at radius 2 is 1.38 bits per heavy atom. The third-order valence-corrected chi connectivity index (χ3v) is 6.56. The van der Waals surface area contributed by atoms with E-state index < -0.39 is 0 Å². The molecule has 0 saturated heterocycles. The molecule has 68 valence electrons. The summed E-state index contributed by atoms with van der Waals surface area (Å²) in [5.74, 6) is 5.10. The molecule has 4 aliphatic carbocycles. The lowest BCUT2D eigenvalue weighted by atomic mass is 9.85. The zero-order valence-corrected chi connectivity index (χ0v) is 10.2. The summed E-state index contributed by atoms with van der Waals surface area (Å²) >= 11 is 7.63. The third kappa shape index (κ3) is 0.687. The number of hydrogen-bond donors (Lipinski definition) is 0. The van der Waals surface area contributed by atoms with Gasteiger partial charge in [-0.15, -0.1) is 0 Å². The van der Waals surface area contributed by atoms with Crippen molar-refractivity contribution >= 4 is 31.9 Å². The summed E-state index contributed by atoms with van der Waals surface area (Å²) < 4.78 is 0.278. The van der Waals surface area contributed by atoms with Crippen LogP contribution in [0, 0.1) is 35.5 Å². The van der Waals surface area contributed by atoms with E-state index in [1.807, 2.05) is 0 Å². The van der Waals surface area contributed by atoms with Gasteiger partial charge in [0.15, 0.2) is 0 Å². The molecule has 0 aliphatic heterocycles. The lowest BCUT2D eigenvalue weighted by molar-refractivity contribution is 0.342. The second kappa shape index (κ2) is 2.01. The largest absolute Gasteiger partial charge is 0.0880 e. The van der Waals surface area contributed by atoms with Crippen molar-refractivity contribution in [2.75, 3.05) is 0 Å². The molecular weight excluding hydrogens is 292 g/mol. The average molecular weight is 302 g/mol. The molecule has 0 unspecified atom stereocenters. The van der Waals surface area contributed by atoms with Gasteiger partial charge in [-0.2, -0.15) is 0 Å². The molecule has 4 aliphatic rings. The molecule has 13 heavy (non-hydrogen) atoms. The van der Waals surface area contributed by atoms with E-state index in [1.54, 1.807) is 0 Å². The maximum Gasteiger partial charge on any atom is 0.0880 e. The third-order valence-electron chi connectivity index (χ3n) is 4.44. The van der Waals surface area contributed by atoms with Crippen molar-refractivity contribution < 1.29 is 0 Å². The molecule has 4 atom stereocenters. The number of allylic oxidation sites excluding steroid dienone is 4. The molecular formula is C11H10Br2. The van der Waals surface area contributed by atoms with Gasteiger partial charge in [0.1, 0.15) is 0 Å². The summed E-state index contributed by atoms with van der Waals surface area (Å²) in [7, 11) is 0.